The second-order valence-electron chi connectivity index (χ2n) is 7.53. The zero-order valence-electron chi connectivity index (χ0n) is 14.6. The van der Waals surface area contributed by atoms with E-state index in [0.717, 1.165) is 24.4 Å². The summed E-state index contributed by atoms with van der Waals surface area (Å²) >= 11 is 0. The SMILES string of the molecule is CCNC1CCCCCC1CN(C)CC1CCN(C)CC1. The first-order valence-corrected chi connectivity index (χ1v) is 9.29. The van der Waals surface area contributed by atoms with E-state index in [4.69, 9.17) is 0 Å². The quantitative estimate of drug-likeness (QED) is 0.760. The highest BCUT2D eigenvalue weighted by molar-refractivity contribution is 4.82. The van der Waals surface area contributed by atoms with E-state index in [1.54, 1.807) is 0 Å². The second-order valence-corrected chi connectivity index (χ2v) is 7.53. The molecule has 0 radical (unpaired) electrons. The van der Waals surface area contributed by atoms with Crippen LogP contribution in [0.5, 0.6) is 0 Å². The summed E-state index contributed by atoms with van der Waals surface area (Å²) in [6, 6.07) is 0.762. The Hall–Kier alpha value is -0.120. The van der Waals surface area contributed by atoms with E-state index in [2.05, 4.69) is 36.1 Å². The van der Waals surface area contributed by atoms with Gasteiger partial charge in [-0.15, -0.1) is 0 Å². The molecule has 0 amide bonds. The number of hydrogen-bond acceptors (Lipinski definition) is 3. The number of rotatable bonds is 6. The maximum Gasteiger partial charge on any atom is 0.0107 e. The van der Waals surface area contributed by atoms with Gasteiger partial charge in [-0.1, -0.05) is 26.2 Å². The maximum atomic E-state index is 3.76. The summed E-state index contributed by atoms with van der Waals surface area (Å²) in [5, 5.41) is 3.76. The first-order chi connectivity index (χ1) is 10.2. The molecule has 124 valence electrons. The average molecular weight is 296 g/mol. The molecule has 0 spiro atoms. The molecule has 3 heteroatoms. The molecule has 1 saturated carbocycles. The minimum absolute atomic E-state index is 0.762. The summed E-state index contributed by atoms with van der Waals surface area (Å²) < 4.78 is 0. The third kappa shape index (κ3) is 5.88. The lowest BCUT2D eigenvalue weighted by molar-refractivity contribution is 0.154. The van der Waals surface area contributed by atoms with Crippen LogP contribution in [0.2, 0.25) is 0 Å². The Morgan fingerprint density at radius 3 is 2.43 bits per heavy atom. The summed E-state index contributed by atoms with van der Waals surface area (Å²) in [7, 11) is 4.61. The van der Waals surface area contributed by atoms with Crippen LogP contribution in [-0.2, 0) is 0 Å². The van der Waals surface area contributed by atoms with Gasteiger partial charge < -0.3 is 15.1 Å². The van der Waals surface area contributed by atoms with Crippen molar-refractivity contribution in [2.24, 2.45) is 11.8 Å². The normalized spacial score (nSPS) is 29.7. The van der Waals surface area contributed by atoms with E-state index < -0.39 is 0 Å². The number of piperidine rings is 1. The standard InChI is InChI=1S/C18H37N3/c1-4-19-18-9-7-5-6-8-17(18)15-21(3)14-16-10-12-20(2)13-11-16/h16-19H,4-15H2,1-3H3. The molecule has 1 saturated heterocycles. The molecule has 1 aliphatic heterocycles. The second kappa shape index (κ2) is 9.12. The summed E-state index contributed by atoms with van der Waals surface area (Å²) in [5.74, 6) is 1.79. The molecule has 0 aromatic rings. The molecule has 0 aromatic carbocycles. The van der Waals surface area contributed by atoms with E-state index in [-0.39, 0.29) is 0 Å². The van der Waals surface area contributed by atoms with Crippen LogP contribution in [0.1, 0.15) is 51.9 Å². The molecule has 2 atom stereocenters. The van der Waals surface area contributed by atoms with Crippen LogP contribution in [-0.4, -0.2) is 62.7 Å². The van der Waals surface area contributed by atoms with Crippen LogP contribution in [0.3, 0.4) is 0 Å². The van der Waals surface area contributed by atoms with Gasteiger partial charge in [0.1, 0.15) is 0 Å². The minimum Gasteiger partial charge on any atom is -0.314 e. The van der Waals surface area contributed by atoms with E-state index in [9.17, 15) is 0 Å². The Morgan fingerprint density at radius 2 is 1.71 bits per heavy atom. The van der Waals surface area contributed by atoms with Crippen LogP contribution >= 0.6 is 0 Å². The Morgan fingerprint density at radius 1 is 1.00 bits per heavy atom. The van der Waals surface area contributed by atoms with Gasteiger partial charge in [0, 0.05) is 19.1 Å². The lowest BCUT2D eigenvalue weighted by atomic mass is 9.92. The molecular formula is C18H37N3. The van der Waals surface area contributed by atoms with E-state index >= 15 is 0 Å². The Kier molecular flexibility index (Phi) is 7.48. The highest BCUT2D eigenvalue weighted by Gasteiger charge is 2.25. The Balaban J connectivity index is 1.77. The highest BCUT2D eigenvalue weighted by atomic mass is 15.1. The van der Waals surface area contributed by atoms with E-state index in [0.29, 0.717) is 0 Å². The van der Waals surface area contributed by atoms with Crippen LogP contribution in [0.4, 0.5) is 0 Å². The summed E-state index contributed by atoms with van der Waals surface area (Å²) in [6.07, 6.45) is 9.90. The monoisotopic (exact) mass is 295 g/mol. The van der Waals surface area contributed by atoms with Gasteiger partial charge in [-0.25, -0.2) is 0 Å². The fourth-order valence-electron chi connectivity index (χ4n) is 4.29. The lowest BCUT2D eigenvalue weighted by Gasteiger charge is -2.34. The molecule has 3 nitrogen and oxygen atoms in total. The summed E-state index contributed by atoms with van der Waals surface area (Å²) in [5.41, 5.74) is 0. The van der Waals surface area contributed by atoms with Gasteiger partial charge in [0.15, 0.2) is 0 Å². The predicted molar refractivity (Wildman–Crippen MR) is 91.8 cm³/mol. The van der Waals surface area contributed by atoms with Gasteiger partial charge in [-0.3, -0.25) is 0 Å². The van der Waals surface area contributed by atoms with Gasteiger partial charge in [0.05, 0.1) is 0 Å². The van der Waals surface area contributed by atoms with Gasteiger partial charge in [-0.2, -0.15) is 0 Å². The third-order valence-corrected chi connectivity index (χ3v) is 5.58. The molecule has 0 aromatic heterocycles. The van der Waals surface area contributed by atoms with Gasteiger partial charge in [-0.05, 0) is 71.2 Å². The molecule has 2 unspecified atom stereocenters. The molecule has 1 N–H and O–H groups in total. The van der Waals surface area contributed by atoms with Crippen molar-refractivity contribution in [1.82, 2.24) is 15.1 Å². The van der Waals surface area contributed by atoms with E-state index in [1.807, 2.05) is 0 Å². The first kappa shape index (κ1) is 17.2. The van der Waals surface area contributed by atoms with Crippen LogP contribution < -0.4 is 5.32 Å². The average Bonchev–Trinajstić information content (AvgIpc) is 2.68. The highest BCUT2D eigenvalue weighted by Crippen LogP contribution is 2.25. The first-order valence-electron chi connectivity index (χ1n) is 9.29. The summed E-state index contributed by atoms with van der Waals surface area (Å²) in [4.78, 5) is 5.11. The third-order valence-electron chi connectivity index (χ3n) is 5.58. The summed E-state index contributed by atoms with van der Waals surface area (Å²) in [6.45, 7) is 8.57. The van der Waals surface area contributed by atoms with Crippen molar-refractivity contribution in [3.05, 3.63) is 0 Å². The number of likely N-dealkylation sites (tertiary alicyclic amines) is 1. The minimum atomic E-state index is 0.762. The van der Waals surface area contributed by atoms with Crippen molar-refractivity contribution in [3.63, 3.8) is 0 Å². The molecule has 0 bridgehead atoms. The number of nitrogens with zero attached hydrogens (tertiary/aromatic N) is 2. The van der Waals surface area contributed by atoms with Crippen LogP contribution in [0.25, 0.3) is 0 Å². The van der Waals surface area contributed by atoms with Crippen molar-refractivity contribution < 1.29 is 0 Å². The lowest BCUT2D eigenvalue weighted by Crippen LogP contribution is -2.43. The van der Waals surface area contributed by atoms with Crippen molar-refractivity contribution in [2.75, 3.05) is 46.8 Å². The molecule has 2 fully saturated rings. The largest absolute Gasteiger partial charge is 0.314 e. The predicted octanol–water partition coefficient (Wildman–Crippen LogP) is 2.82. The molecule has 2 aliphatic rings. The Bertz CT molecular complexity index is 274. The molecule has 2 rings (SSSR count). The van der Waals surface area contributed by atoms with Crippen LogP contribution in [0, 0.1) is 11.8 Å². The van der Waals surface area contributed by atoms with Crippen LogP contribution in [0.15, 0.2) is 0 Å². The maximum absolute atomic E-state index is 3.76. The van der Waals surface area contributed by atoms with Crippen molar-refractivity contribution >= 4 is 0 Å². The fraction of sp³-hybridized carbons (Fsp3) is 1.00. The van der Waals surface area contributed by atoms with E-state index in [1.165, 1.54) is 71.1 Å². The number of hydrogen-bond donors (Lipinski definition) is 1. The zero-order valence-corrected chi connectivity index (χ0v) is 14.6. The van der Waals surface area contributed by atoms with Gasteiger partial charge in [0.2, 0.25) is 0 Å². The topological polar surface area (TPSA) is 18.5 Å². The smallest absolute Gasteiger partial charge is 0.0107 e. The van der Waals surface area contributed by atoms with Crippen molar-refractivity contribution in [1.29, 1.82) is 0 Å². The van der Waals surface area contributed by atoms with Gasteiger partial charge in [0.25, 0.3) is 0 Å². The number of nitrogens with one attached hydrogen (secondary N) is 1. The zero-order chi connectivity index (χ0) is 15.1. The molecule has 21 heavy (non-hydrogen) atoms. The van der Waals surface area contributed by atoms with Gasteiger partial charge >= 0.3 is 0 Å². The fourth-order valence-corrected chi connectivity index (χ4v) is 4.29. The molecule has 1 heterocycles. The van der Waals surface area contributed by atoms with Crippen molar-refractivity contribution in [2.45, 2.75) is 57.9 Å². The van der Waals surface area contributed by atoms with Crippen molar-refractivity contribution in [3.8, 4) is 0 Å². The Labute approximate surface area is 132 Å². The molecular weight excluding hydrogens is 258 g/mol. The molecule has 1 aliphatic carbocycles.